The second-order valence-electron chi connectivity index (χ2n) is 5.03. The van der Waals surface area contributed by atoms with E-state index in [4.69, 9.17) is 5.11 Å². The summed E-state index contributed by atoms with van der Waals surface area (Å²) in [5.74, 6) is -0.221. The van der Waals surface area contributed by atoms with Crippen LogP contribution >= 0.6 is 0 Å². The molecule has 96 valence electrons. The summed E-state index contributed by atoms with van der Waals surface area (Å²) in [5, 5.41) is 11.7. The number of carbonyl (C=O) groups excluding carboxylic acids is 1. The number of aliphatic carboxylic acids is 1. The standard InChI is InChI=1S/C12H20N2O3/c1-2-8-7-10(8)13-12(17)14(9-3-4-9)6-5-11(15)16/h8-10H,2-7H2,1H3,(H,13,17)(H,15,16). The topological polar surface area (TPSA) is 69.6 Å². The number of hydrogen-bond acceptors (Lipinski definition) is 2. The summed E-state index contributed by atoms with van der Waals surface area (Å²) < 4.78 is 0. The Morgan fingerprint density at radius 1 is 1.41 bits per heavy atom. The first-order valence-electron chi connectivity index (χ1n) is 6.40. The quantitative estimate of drug-likeness (QED) is 0.738. The number of hydrogen-bond donors (Lipinski definition) is 2. The van der Waals surface area contributed by atoms with Crippen molar-refractivity contribution in [2.75, 3.05) is 6.54 Å². The van der Waals surface area contributed by atoms with Crippen LogP contribution < -0.4 is 5.32 Å². The lowest BCUT2D eigenvalue weighted by Crippen LogP contribution is -2.43. The molecule has 2 fully saturated rings. The first-order valence-corrected chi connectivity index (χ1v) is 6.40. The van der Waals surface area contributed by atoms with Gasteiger partial charge in [0.1, 0.15) is 0 Å². The van der Waals surface area contributed by atoms with Crippen LogP contribution in [-0.2, 0) is 4.79 Å². The van der Waals surface area contributed by atoms with Gasteiger partial charge in [-0.1, -0.05) is 13.3 Å². The van der Waals surface area contributed by atoms with Crippen LogP contribution in [0.5, 0.6) is 0 Å². The second kappa shape index (κ2) is 4.94. The monoisotopic (exact) mass is 240 g/mol. The molecule has 2 amide bonds. The number of rotatable bonds is 6. The Balaban J connectivity index is 1.79. The summed E-state index contributed by atoms with van der Waals surface area (Å²) in [6.07, 6.45) is 4.22. The van der Waals surface area contributed by atoms with Crippen molar-refractivity contribution in [3.8, 4) is 0 Å². The number of nitrogens with zero attached hydrogens (tertiary/aromatic N) is 1. The van der Waals surface area contributed by atoms with Gasteiger partial charge in [0.2, 0.25) is 0 Å². The summed E-state index contributed by atoms with van der Waals surface area (Å²) in [4.78, 5) is 24.2. The molecule has 2 atom stereocenters. The molecule has 17 heavy (non-hydrogen) atoms. The molecular formula is C12H20N2O3. The molecule has 0 spiro atoms. The van der Waals surface area contributed by atoms with Crippen molar-refractivity contribution >= 4 is 12.0 Å². The van der Waals surface area contributed by atoms with E-state index < -0.39 is 5.97 Å². The first kappa shape index (κ1) is 12.2. The molecule has 0 bridgehead atoms. The van der Waals surface area contributed by atoms with Crippen LogP contribution in [0.4, 0.5) is 4.79 Å². The van der Waals surface area contributed by atoms with Gasteiger partial charge in [0.15, 0.2) is 0 Å². The molecule has 5 heteroatoms. The zero-order chi connectivity index (χ0) is 12.4. The van der Waals surface area contributed by atoms with Gasteiger partial charge in [-0.15, -0.1) is 0 Å². The van der Waals surface area contributed by atoms with E-state index in [0.29, 0.717) is 18.5 Å². The highest BCUT2D eigenvalue weighted by atomic mass is 16.4. The Morgan fingerprint density at radius 3 is 2.59 bits per heavy atom. The van der Waals surface area contributed by atoms with Gasteiger partial charge in [-0.05, 0) is 25.2 Å². The summed E-state index contributed by atoms with van der Waals surface area (Å²) >= 11 is 0. The molecule has 0 aromatic rings. The first-order chi connectivity index (χ1) is 8.11. The fourth-order valence-electron chi connectivity index (χ4n) is 2.17. The molecule has 0 radical (unpaired) electrons. The number of carbonyl (C=O) groups is 2. The van der Waals surface area contributed by atoms with Gasteiger partial charge in [0, 0.05) is 18.6 Å². The molecule has 2 aliphatic carbocycles. The summed E-state index contributed by atoms with van der Waals surface area (Å²) in [6, 6.07) is 0.515. The normalized spacial score (nSPS) is 26.4. The smallest absolute Gasteiger partial charge is 0.317 e. The molecule has 0 aliphatic heterocycles. The van der Waals surface area contributed by atoms with E-state index in [0.717, 1.165) is 25.7 Å². The number of urea groups is 1. The van der Waals surface area contributed by atoms with E-state index in [1.165, 1.54) is 0 Å². The van der Waals surface area contributed by atoms with Crippen molar-refractivity contribution in [1.82, 2.24) is 10.2 Å². The molecule has 0 heterocycles. The number of amides is 2. The third-order valence-corrected chi connectivity index (χ3v) is 3.57. The minimum Gasteiger partial charge on any atom is -0.481 e. The molecule has 2 aliphatic rings. The predicted octanol–water partition coefficient (Wildman–Crippen LogP) is 1.43. The summed E-state index contributed by atoms with van der Waals surface area (Å²) in [6.45, 7) is 2.45. The molecule has 0 saturated heterocycles. The minimum atomic E-state index is -0.846. The lowest BCUT2D eigenvalue weighted by Gasteiger charge is -2.22. The zero-order valence-electron chi connectivity index (χ0n) is 10.2. The van der Waals surface area contributed by atoms with Crippen molar-refractivity contribution in [3.63, 3.8) is 0 Å². The van der Waals surface area contributed by atoms with Gasteiger partial charge in [0.25, 0.3) is 0 Å². The van der Waals surface area contributed by atoms with Crippen LogP contribution in [0.3, 0.4) is 0 Å². The van der Waals surface area contributed by atoms with Crippen LogP contribution in [0.2, 0.25) is 0 Å². The number of nitrogens with one attached hydrogen (secondary N) is 1. The highest BCUT2D eigenvalue weighted by molar-refractivity contribution is 5.76. The van der Waals surface area contributed by atoms with Crippen LogP contribution in [0, 0.1) is 5.92 Å². The average molecular weight is 240 g/mol. The molecule has 2 unspecified atom stereocenters. The third-order valence-electron chi connectivity index (χ3n) is 3.57. The molecule has 0 aromatic carbocycles. The Morgan fingerprint density at radius 2 is 2.12 bits per heavy atom. The SMILES string of the molecule is CCC1CC1NC(=O)N(CCC(=O)O)C1CC1. The maximum atomic E-state index is 12.0. The van der Waals surface area contributed by atoms with Crippen molar-refractivity contribution in [2.24, 2.45) is 5.92 Å². The lowest BCUT2D eigenvalue weighted by atomic mass is 10.3. The molecule has 0 aromatic heterocycles. The fraction of sp³-hybridized carbons (Fsp3) is 0.833. The second-order valence-corrected chi connectivity index (χ2v) is 5.03. The predicted molar refractivity (Wildman–Crippen MR) is 62.7 cm³/mol. The van der Waals surface area contributed by atoms with E-state index in [1.54, 1.807) is 4.90 Å². The molecule has 2 saturated carbocycles. The number of carboxylic acids is 1. The van der Waals surface area contributed by atoms with Crippen molar-refractivity contribution in [2.45, 2.75) is 51.1 Å². The van der Waals surface area contributed by atoms with E-state index in [-0.39, 0.29) is 18.5 Å². The van der Waals surface area contributed by atoms with E-state index in [1.807, 2.05) is 0 Å². The van der Waals surface area contributed by atoms with Crippen LogP contribution in [0.1, 0.15) is 39.0 Å². The Labute approximate surface area is 101 Å². The van der Waals surface area contributed by atoms with Gasteiger partial charge >= 0.3 is 12.0 Å². The average Bonchev–Trinajstić information content (AvgIpc) is 3.11. The van der Waals surface area contributed by atoms with Gasteiger partial charge in [0.05, 0.1) is 6.42 Å². The lowest BCUT2D eigenvalue weighted by molar-refractivity contribution is -0.137. The van der Waals surface area contributed by atoms with Gasteiger partial charge in [-0.2, -0.15) is 0 Å². The molecular weight excluding hydrogens is 220 g/mol. The fourth-order valence-corrected chi connectivity index (χ4v) is 2.17. The summed E-state index contributed by atoms with van der Waals surface area (Å²) in [5.41, 5.74) is 0. The molecule has 5 nitrogen and oxygen atoms in total. The van der Waals surface area contributed by atoms with Crippen LogP contribution in [0.25, 0.3) is 0 Å². The minimum absolute atomic E-state index is 0.0335. The molecule has 2 rings (SSSR count). The highest BCUT2D eigenvalue weighted by Crippen LogP contribution is 2.34. The Bertz CT molecular complexity index is 315. The maximum absolute atomic E-state index is 12.0. The van der Waals surface area contributed by atoms with E-state index >= 15 is 0 Å². The maximum Gasteiger partial charge on any atom is 0.317 e. The Hall–Kier alpha value is -1.26. The van der Waals surface area contributed by atoms with Crippen molar-refractivity contribution in [3.05, 3.63) is 0 Å². The van der Waals surface area contributed by atoms with Gasteiger partial charge in [-0.3, -0.25) is 4.79 Å². The van der Waals surface area contributed by atoms with E-state index in [9.17, 15) is 9.59 Å². The van der Waals surface area contributed by atoms with Crippen molar-refractivity contribution < 1.29 is 14.7 Å². The number of carboxylic acid groups (broad SMARTS) is 1. The van der Waals surface area contributed by atoms with Crippen LogP contribution in [-0.4, -0.2) is 40.6 Å². The van der Waals surface area contributed by atoms with Gasteiger partial charge in [-0.25, -0.2) is 4.79 Å². The van der Waals surface area contributed by atoms with Gasteiger partial charge < -0.3 is 15.3 Å². The summed E-state index contributed by atoms with van der Waals surface area (Å²) in [7, 11) is 0. The highest BCUT2D eigenvalue weighted by Gasteiger charge is 2.39. The van der Waals surface area contributed by atoms with Crippen molar-refractivity contribution in [1.29, 1.82) is 0 Å². The largest absolute Gasteiger partial charge is 0.481 e. The third kappa shape index (κ3) is 3.35. The van der Waals surface area contributed by atoms with Crippen LogP contribution in [0.15, 0.2) is 0 Å². The molecule has 2 N–H and O–H groups in total. The van der Waals surface area contributed by atoms with E-state index in [2.05, 4.69) is 12.2 Å². The Kier molecular flexibility index (Phi) is 3.54. The zero-order valence-corrected chi connectivity index (χ0v) is 10.2.